The van der Waals surface area contributed by atoms with Gasteiger partial charge in [-0.25, -0.2) is 0 Å². The first-order valence-corrected chi connectivity index (χ1v) is 3.69. The number of benzene rings is 1. The molecule has 0 aliphatic heterocycles. The van der Waals surface area contributed by atoms with Gasteiger partial charge in [-0.05, 0) is 24.6 Å². The van der Waals surface area contributed by atoms with E-state index in [0.717, 1.165) is 5.56 Å². The second-order valence-electron chi connectivity index (χ2n) is 2.72. The Morgan fingerprint density at radius 2 is 1.85 bits per heavy atom. The number of phenolic OH excluding ortho intramolecular Hbond substituents is 1. The average molecular weight is 202 g/mol. The minimum Gasteiger partial charge on any atom is -0.508 e. The van der Waals surface area contributed by atoms with Crippen LogP contribution in [-0.4, -0.2) is 11.0 Å². The number of rotatable bonds is 2. The summed E-state index contributed by atoms with van der Waals surface area (Å²) in [6, 6.07) is 6.44. The molecule has 1 amide bonds. The molecule has 0 aromatic heterocycles. The lowest BCUT2D eigenvalue weighted by molar-refractivity contribution is -0.119. The summed E-state index contributed by atoms with van der Waals surface area (Å²) < 4.78 is 0. The number of halogens is 1. The Morgan fingerprint density at radius 1 is 1.38 bits per heavy atom. The predicted molar refractivity (Wildman–Crippen MR) is 53.0 cm³/mol. The van der Waals surface area contributed by atoms with Gasteiger partial charge in [0.1, 0.15) is 5.75 Å². The van der Waals surface area contributed by atoms with E-state index in [1.54, 1.807) is 19.1 Å². The van der Waals surface area contributed by atoms with Gasteiger partial charge in [0.2, 0.25) is 5.91 Å². The number of amides is 1. The molecule has 0 aliphatic rings. The fourth-order valence-corrected chi connectivity index (χ4v) is 0.927. The van der Waals surface area contributed by atoms with E-state index in [9.17, 15) is 4.79 Å². The van der Waals surface area contributed by atoms with Gasteiger partial charge in [0.05, 0.1) is 5.92 Å². The maximum atomic E-state index is 10.7. The van der Waals surface area contributed by atoms with Crippen molar-refractivity contribution >= 4 is 18.3 Å². The first-order chi connectivity index (χ1) is 5.61. The molecule has 0 aliphatic carbocycles. The van der Waals surface area contributed by atoms with Crippen LogP contribution in [-0.2, 0) is 4.79 Å². The lowest BCUT2D eigenvalue weighted by Crippen LogP contribution is -2.18. The van der Waals surface area contributed by atoms with Crippen LogP contribution in [0.5, 0.6) is 5.75 Å². The van der Waals surface area contributed by atoms with E-state index in [1.165, 1.54) is 12.1 Å². The fraction of sp³-hybridized carbons (Fsp3) is 0.222. The number of primary amides is 1. The summed E-state index contributed by atoms with van der Waals surface area (Å²) in [5.41, 5.74) is 5.92. The van der Waals surface area contributed by atoms with Crippen molar-refractivity contribution in [2.24, 2.45) is 5.73 Å². The van der Waals surface area contributed by atoms with Gasteiger partial charge in [-0.3, -0.25) is 4.79 Å². The Kier molecular flexibility index (Phi) is 4.28. The SMILES string of the molecule is CC(C(N)=O)c1ccc(O)cc1.Cl. The zero-order chi connectivity index (χ0) is 9.14. The van der Waals surface area contributed by atoms with E-state index in [2.05, 4.69) is 0 Å². The molecule has 13 heavy (non-hydrogen) atoms. The van der Waals surface area contributed by atoms with Crippen molar-refractivity contribution in [1.29, 1.82) is 0 Å². The van der Waals surface area contributed by atoms with Crippen LogP contribution in [0.1, 0.15) is 18.4 Å². The summed E-state index contributed by atoms with van der Waals surface area (Å²) in [5.74, 6) is -0.471. The number of carbonyl (C=O) groups excluding carboxylic acids is 1. The Labute approximate surface area is 83.0 Å². The quantitative estimate of drug-likeness (QED) is 0.760. The normalized spacial score (nSPS) is 11.5. The zero-order valence-corrected chi connectivity index (χ0v) is 8.04. The molecule has 72 valence electrons. The van der Waals surface area contributed by atoms with Crippen LogP contribution in [0.2, 0.25) is 0 Å². The van der Waals surface area contributed by atoms with Gasteiger partial charge in [0.25, 0.3) is 0 Å². The molecule has 1 aromatic carbocycles. The number of carbonyl (C=O) groups is 1. The third-order valence-electron chi connectivity index (χ3n) is 1.82. The highest BCUT2D eigenvalue weighted by molar-refractivity contribution is 5.85. The number of nitrogens with two attached hydrogens (primary N) is 1. The van der Waals surface area contributed by atoms with Crippen LogP contribution in [0, 0.1) is 0 Å². The van der Waals surface area contributed by atoms with Crippen LogP contribution in [0.15, 0.2) is 24.3 Å². The Hall–Kier alpha value is -1.22. The number of hydrogen-bond donors (Lipinski definition) is 2. The summed E-state index contributed by atoms with van der Waals surface area (Å²) in [6.07, 6.45) is 0. The van der Waals surface area contributed by atoms with E-state index in [4.69, 9.17) is 10.8 Å². The molecular formula is C9H12ClNO2. The Morgan fingerprint density at radius 3 is 2.23 bits per heavy atom. The smallest absolute Gasteiger partial charge is 0.224 e. The van der Waals surface area contributed by atoms with Crippen molar-refractivity contribution in [3.63, 3.8) is 0 Å². The molecule has 1 aromatic rings. The van der Waals surface area contributed by atoms with Crippen LogP contribution in [0.25, 0.3) is 0 Å². The lowest BCUT2D eigenvalue weighted by Gasteiger charge is -2.06. The maximum absolute atomic E-state index is 10.7. The van der Waals surface area contributed by atoms with Gasteiger partial charge in [0.15, 0.2) is 0 Å². The first-order valence-electron chi connectivity index (χ1n) is 3.69. The average Bonchev–Trinajstić information content (AvgIpc) is 2.04. The minimum absolute atomic E-state index is 0. The Balaban J connectivity index is 0.00000144. The molecule has 0 fully saturated rings. The van der Waals surface area contributed by atoms with Gasteiger partial charge in [0, 0.05) is 0 Å². The van der Waals surface area contributed by atoms with Crippen molar-refractivity contribution in [3.8, 4) is 5.75 Å². The van der Waals surface area contributed by atoms with E-state index in [-0.39, 0.29) is 30.0 Å². The summed E-state index contributed by atoms with van der Waals surface area (Å²) in [5, 5.41) is 8.96. The molecule has 0 spiro atoms. The summed E-state index contributed by atoms with van der Waals surface area (Å²) in [4.78, 5) is 10.7. The molecule has 3 nitrogen and oxygen atoms in total. The second kappa shape index (κ2) is 4.72. The largest absolute Gasteiger partial charge is 0.508 e. The monoisotopic (exact) mass is 201 g/mol. The highest BCUT2D eigenvalue weighted by atomic mass is 35.5. The highest BCUT2D eigenvalue weighted by Crippen LogP contribution is 2.17. The second-order valence-corrected chi connectivity index (χ2v) is 2.72. The topological polar surface area (TPSA) is 63.3 Å². The van der Waals surface area contributed by atoms with Gasteiger partial charge < -0.3 is 10.8 Å². The molecule has 0 saturated carbocycles. The Bertz CT molecular complexity index is 284. The molecule has 1 unspecified atom stereocenters. The van der Waals surface area contributed by atoms with Gasteiger partial charge in [-0.1, -0.05) is 12.1 Å². The number of phenols is 1. The summed E-state index contributed by atoms with van der Waals surface area (Å²) in [6.45, 7) is 1.73. The van der Waals surface area contributed by atoms with Gasteiger partial charge in [-0.2, -0.15) is 0 Å². The fourth-order valence-electron chi connectivity index (χ4n) is 0.927. The number of aromatic hydroxyl groups is 1. The van der Waals surface area contributed by atoms with Crippen molar-refractivity contribution < 1.29 is 9.90 Å². The van der Waals surface area contributed by atoms with Gasteiger partial charge >= 0.3 is 0 Å². The van der Waals surface area contributed by atoms with Crippen molar-refractivity contribution in [3.05, 3.63) is 29.8 Å². The minimum atomic E-state index is -0.360. The molecule has 0 heterocycles. The van der Waals surface area contributed by atoms with Crippen molar-refractivity contribution in [2.75, 3.05) is 0 Å². The summed E-state index contributed by atoms with van der Waals surface area (Å²) in [7, 11) is 0. The van der Waals surface area contributed by atoms with Crippen LogP contribution in [0.4, 0.5) is 0 Å². The van der Waals surface area contributed by atoms with Crippen LogP contribution >= 0.6 is 12.4 Å². The standard InChI is InChI=1S/C9H11NO2.ClH/c1-6(9(10)12)7-2-4-8(11)5-3-7;/h2-6,11H,1H3,(H2,10,12);1H. The van der Waals surface area contributed by atoms with E-state index >= 15 is 0 Å². The van der Waals surface area contributed by atoms with Crippen LogP contribution < -0.4 is 5.73 Å². The molecule has 1 rings (SSSR count). The lowest BCUT2D eigenvalue weighted by atomic mass is 10.0. The molecule has 4 heteroatoms. The van der Waals surface area contributed by atoms with Crippen LogP contribution in [0.3, 0.4) is 0 Å². The summed E-state index contributed by atoms with van der Waals surface area (Å²) >= 11 is 0. The molecule has 0 radical (unpaired) electrons. The van der Waals surface area contributed by atoms with Gasteiger partial charge in [-0.15, -0.1) is 12.4 Å². The zero-order valence-electron chi connectivity index (χ0n) is 7.23. The molecule has 1 atom stereocenters. The third kappa shape index (κ3) is 2.95. The van der Waals surface area contributed by atoms with Crippen molar-refractivity contribution in [2.45, 2.75) is 12.8 Å². The predicted octanol–water partition coefficient (Wildman–Crippen LogP) is 1.40. The highest BCUT2D eigenvalue weighted by Gasteiger charge is 2.10. The first kappa shape index (κ1) is 11.8. The van der Waals surface area contributed by atoms with E-state index < -0.39 is 0 Å². The molecule has 0 saturated heterocycles. The van der Waals surface area contributed by atoms with E-state index in [0.29, 0.717) is 0 Å². The third-order valence-corrected chi connectivity index (χ3v) is 1.82. The van der Waals surface area contributed by atoms with E-state index in [1.807, 2.05) is 0 Å². The maximum Gasteiger partial charge on any atom is 0.224 e. The molecular weight excluding hydrogens is 190 g/mol. The molecule has 0 bridgehead atoms. The molecule has 3 N–H and O–H groups in total. The van der Waals surface area contributed by atoms with Crippen molar-refractivity contribution in [1.82, 2.24) is 0 Å². The number of hydrogen-bond acceptors (Lipinski definition) is 2.